The molecule has 1 saturated heterocycles. The minimum atomic E-state index is -2.93. The summed E-state index contributed by atoms with van der Waals surface area (Å²) >= 11 is 0. The van der Waals surface area contributed by atoms with Gasteiger partial charge in [0.25, 0.3) is 5.91 Å². The Labute approximate surface area is 124 Å². The maximum absolute atomic E-state index is 11.9. The molecule has 21 heavy (non-hydrogen) atoms. The van der Waals surface area contributed by atoms with Gasteiger partial charge in [0.15, 0.2) is 9.84 Å². The minimum Gasteiger partial charge on any atom is -0.383 e. The van der Waals surface area contributed by atoms with E-state index in [1.807, 2.05) is 0 Å². The minimum absolute atomic E-state index is 0.122. The van der Waals surface area contributed by atoms with E-state index in [-0.39, 0.29) is 23.5 Å². The molecule has 7 nitrogen and oxygen atoms in total. The molecule has 1 aromatic rings. The second-order valence-electron chi connectivity index (χ2n) is 4.96. The topological polar surface area (TPSA) is 97.4 Å². The Kier molecular flexibility index (Phi) is 5.13. The van der Waals surface area contributed by atoms with Gasteiger partial charge >= 0.3 is 0 Å². The van der Waals surface area contributed by atoms with Crippen LogP contribution in [-0.2, 0) is 14.6 Å². The monoisotopic (exact) mass is 313 g/mol. The fourth-order valence-corrected chi connectivity index (χ4v) is 3.83. The molecule has 1 aliphatic rings. The molecule has 1 aromatic heterocycles. The van der Waals surface area contributed by atoms with Crippen molar-refractivity contribution in [2.75, 3.05) is 37.1 Å². The lowest BCUT2D eigenvalue weighted by Gasteiger charge is -2.12. The number of ether oxygens (including phenoxy) is 1. The van der Waals surface area contributed by atoms with E-state index in [4.69, 9.17) is 4.74 Å². The first-order valence-corrected chi connectivity index (χ1v) is 8.51. The second kappa shape index (κ2) is 6.86. The van der Waals surface area contributed by atoms with Crippen molar-refractivity contribution in [3.8, 4) is 0 Å². The quantitative estimate of drug-likeness (QED) is 0.721. The molecule has 1 aliphatic heterocycles. The molecular weight excluding hydrogens is 294 g/mol. The highest BCUT2D eigenvalue weighted by molar-refractivity contribution is 7.91. The summed E-state index contributed by atoms with van der Waals surface area (Å²) < 4.78 is 27.7. The van der Waals surface area contributed by atoms with Crippen molar-refractivity contribution in [1.82, 2.24) is 10.3 Å². The smallest absolute Gasteiger partial charge is 0.253 e. The number of sulfone groups is 1. The molecule has 8 heteroatoms. The lowest BCUT2D eigenvalue weighted by molar-refractivity contribution is 0.0936. The van der Waals surface area contributed by atoms with Gasteiger partial charge in [-0.1, -0.05) is 0 Å². The van der Waals surface area contributed by atoms with Crippen molar-refractivity contribution >= 4 is 21.4 Å². The van der Waals surface area contributed by atoms with Crippen LogP contribution in [0.15, 0.2) is 18.5 Å². The first-order valence-electron chi connectivity index (χ1n) is 6.69. The van der Waals surface area contributed by atoms with Gasteiger partial charge in [-0.15, -0.1) is 0 Å². The first-order chi connectivity index (χ1) is 10.00. The predicted octanol–water partition coefficient (Wildman–Crippen LogP) is 0.0568. The van der Waals surface area contributed by atoms with E-state index < -0.39 is 9.84 Å². The Morgan fingerprint density at radius 2 is 2.29 bits per heavy atom. The van der Waals surface area contributed by atoms with Crippen molar-refractivity contribution in [2.45, 2.75) is 12.5 Å². The van der Waals surface area contributed by atoms with E-state index in [0.717, 1.165) is 0 Å². The summed E-state index contributed by atoms with van der Waals surface area (Å²) in [5, 5.41) is 5.82. The van der Waals surface area contributed by atoms with Gasteiger partial charge in [-0.3, -0.25) is 9.78 Å². The normalized spacial score (nSPS) is 20.1. The lowest BCUT2D eigenvalue weighted by atomic mass is 10.2. The number of carbonyl (C=O) groups excluding carboxylic acids is 1. The largest absolute Gasteiger partial charge is 0.383 e. The number of hydrogen-bond donors (Lipinski definition) is 2. The summed E-state index contributed by atoms with van der Waals surface area (Å²) in [6.45, 7) is 0.866. The molecule has 2 N–H and O–H groups in total. The van der Waals surface area contributed by atoms with Gasteiger partial charge in [0.1, 0.15) is 0 Å². The maximum atomic E-state index is 11.9. The molecule has 0 aromatic carbocycles. The zero-order chi connectivity index (χ0) is 15.3. The molecule has 1 amide bonds. The fraction of sp³-hybridized carbons (Fsp3) is 0.538. The number of nitrogens with one attached hydrogen (secondary N) is 2. The number of pyridine rings is 1. The van der Waals surface area contributed by atoms with Crippen LogP contribution in [0.5, 0.6) is 0 Å². The Balaban J connectivity index is 1.96. The van der Waals surface area contributed by atoms with Crippen LogP contribution in [0.2, 0.25) is 0 Å². The van der Waals surface area contributed by atoms with Gasteiger partial charge in [0, 0.05) is 32.1 Å². The zero-order valence-electron chi connectivity index (χ0n) is 11.8. The van der Waals surface area contributed by atoms with Crippen LogP contribution >= 0.6 is 0 Å². The number of anilines is 1. The number of carbonyl (C=O) groups is 1. The standard InChI is InChI=1S/C13H19N3O4S/c1-20-4-3-15-13(17)10-6-12(8-14-7-10)16-11-2-5-21(18,19)9-11/h6-8,11,16H,2-5,9H2,1H3,(H,15,17). The number of nitrogens with zero attached hydrogens (tertiary/aromatic N) is 1. The average Bonchev–Trinajstić information content (AvgIpc) is 2.78. The van der Waals surface area contributed by atoms with Gasteiger partial charge in [0.2, 0.25) is 0 Å². The van der Waals surface area contributed by atoms with Crippen molar-refractivity contribution in [3.05, 3.63) is 24.0 Å². The third-order valence-corrected chi connectivity index (χ3v) is 4.96. The van der Waals surface area contributed by atoms with Gasteiger partial charge in [-0.2, -0.15) is 0 Å². The van der Waals surface area contributed by atoms with Crippen molar-refractivity contribution in [1.29, 1.82) is 0 Å². The van der Waals surface area contributed by atoms with Gasteiger partial charge in [0.05, 0.1) is 29.4 Å². The van der Waals surface area contributed by atoms with Crippen molar-refractivity contribution < 1.29 is 17.9 Å². The molecule has 0 saturated carbocycles. The highest BCUT2D eigenvalue weighted by Gasteiger charge is 2.27. The fourth-order valence-electron chi connectivity index (χ4n) is 2.16. The Hall–Kier alpha value is -1.67. The predicted molar refractivity (Wildman–Crippen MR) is 79.1 cm³/mol. The van der Waals surface area contributed by atoms with Crippen LogP contribution < -0.4 is 10.6 Å². The molecule has 1 atom stereocenters. The van der Waals surface area contributed by atoms with E-state index >= 15 is 0 Å². The molecule has 2 rings (SSSR count). The van der Waals surface area contributed by atoms with Crippen molar-refractivity contribution in [3.63, 3.8) is 0 Å². The Bertz CT molecular complexity index is 603. The van der Waals surface area contributed by atoms with E-state index in [9.17, 15) is 13.2 Å². The third-order valence-electron chi connectivity index (χ3n) is 3.20. The summed E-state index contributed by atoms with van der Waals surface area (Å²) in [4.78, 5) is 15.9. The zero-order valence-corrected chi connectivity index (χ0v) is 12.6. The van der Waals surface area contributed by atoms with Crippen molar-refractivity contribution in [2.24, 2.45) is 0 Å². The van der Waals surface area contributed by atoms with E-state index in [0.29, 0.717) is 30.8 Å². The summed E-state index contributed by atoms with van der Waals surface area (Å²) in [6, 6.07) is 1.55. The van der Waals surface area contributed by atoms with E-state index in [1.165, 1.54) is 6.20 Å². The summed E-state index contributed by atoms with van der Waals surface area (Å²) in [5.41, 5.74) is 1.08. The number of aromatic nitrogens is 1. The summed E-state index contributed by atoms with van der Waals surface area (Å²) in [5.74, 6) is 0.0919. The van der Waals surface area contributed by atoms with Crippen LogP contribution in [0.1, 0.15) is 16.8 Å². The number of methoxy groups -OCH3 is 1. The SMILES string of the molecule is COCCNC(=O)c1cncc(NC2CCS(=O)(=O)C2)c1. The summed E-state index contributed by atoms with van der Waals surface area (Å²) in [6.07, 6.45) is 3.63. The van der Waals surface area contributed by atoms with E-state index in [2.05, 4.69) is 15.6 Å². The number of hydrogen-bond acceptors (Lipinski definition) is 6. The summed E-state index contributed by atoms with van der Waals surface area (Å²) in [7, 11) is -1.37. The van der Waals surface area contributed by atoms with Crippen LogP contribution in [0.25, 0.3) is 0 Å². The number of amides is 1. The van der Waals surface area contributed by atoms with Crippen LogP contribution in [0.4, 0.5) is 5.69 Å². The average molecular weight is 313 g/mol. The molecule has 0 bridgehead atoms. The van der Waals surface area contributed by atoms with Crippen LogP contribution in [-0.4, -0.2) is 57.1 Å². The second-order valence-corrected chi connectivity index (χ2v) is 7.18. The van der Waals surface area contributed by atoms with E-state index in [1.54, 1.807) is 19.4 Å². The highest BCUT2D eigenvalue weighted by atomic mass is 32.2. The molecule has 0 radical (unpaired) electrons. The van der Waals surface area contributed by atoms with Gasteiger partial charge < -0.3 is 15.4 Å². The van der Waals surface area contributed by atoms with Gasteiger partial charge in [-0.25, -0.2) is 8.42 Å². The highest BCUT2D eigenvalue weighted by Crippen LogP contribution is 2.17. The maximum Gasteiger partial charge on any atom is 0.253 e. The van der Waals surface area contributed by atoms with Gasteiger partial charge in [-0.05, 0) is 12.5 Å². The first kappa shape index (κ1) is 15.7. The Morgan fingerprint density at radius 1 is 1.48 bits per heavy atom. The molecule has 1 unspecified atom stereocenters. The molecule has 0 aliphatic carbocycles. The lowest BCUT2D eigenvalue weighted by Crippen LogP contribution is -2.27. The number of rotatable bonds is 6. The molecule has 116 valence electrons. The Morgan fingerprint density at radius 3 is 2.95 bits per heavy atom. The van der Waals surface area contributed by atoms with Crippen LogP contribution in [0, 0.1) is 0 Å². The third kappa shape index (κ3) is 4.68. The molecule has 2 heterocycles. The molecule has 0 spiro atoms. The van der Waals surface area contributed by atoms with Crippen LogP contribution in [0.3, 0.4) is 0 Å². The molecular formula is C13H19N3O4S. The molecule has 1 fully saturated rings.